The zero-order chi connectivity index (χ0) is 30.7. The molecule has 0 aliphatic carbocycles. The first-order valence-electron chi connectivity index (χ1n) is 15.0. The van der Waals surface area contributed by atoms with E-state index < -0.39 is 0 Å². The minimum atomic E-state index is 0. The molecule has 0 fully saturated rings. The standard InChI is InChI=1S/C14H14.C12H12.C12H8.2C2H6.Y/c1-11-7-3-5-9-13(11)14-10-6-4-8-12(14)2;1-9-6-7-11-5-3-4-10(2)12(11)8-9;1-3-7-11(8-4-1)12-9-5-2-6-10-12;2*1-2;/h3-10H,1-2H3;3-8H,1-2H3;1-7,9H;2*1-2H3;/q;;-2;;;. The smallest absolute Gasteiger partial charge is 0 e. The van der Waals surface area contributed by atoms with Crippen molar-refractivity contribution in [1.29, 1.82) is 0 Å². The molecule has 0 aliphatic rings. The third kappa shape index (κ3) is 12.1. The first-order chi connectivity index (χ1) is 20.5. The zero-order valence-corrected chi connectivity index (χ0v) is 30.1. The maximum Gasteiger partial charge on any atom is 0 e. The van der Waals surface area contributed by atoms with Crippen molar-refractivity contribution in [3.63, 3.8) is 0 Å². The molecule has 219 valence electrons. The first-order valence-corrected chi connectivity index (χ1v) is 15.0. The topological polar surface area (TPSA) is 0 Å². The monoisotopic (exact) mass is 639 g/mol. The molecule has 1 heteroatoms. The molecule has 0 saturated carbocycles. The van der Waals surface area contributed by atoms with Gasteiger partial charge in [0.1, 0.15) is 0 Å². The van der Waals surface area contributed by atoms with Gasteiger partial charge in [0.15, 0.2) is 0 Å². The molecule has 0 aromatic heterocycles. The van der Waals surface area contributed by atoms with E-state index in [0.29, 0.717) is 0 Å². The van der Waals surface area contributed by atoms with E-state index in [4.69, 9.17) is 0 Å². The molecule has 0 aliphatic heterocycles. The van der Waals surface area contributed by atoms with E-state index in [9.17, 15) is 0 Å². The SMILES string of the molecule is CC.CC.Cc1ccc2cccc(C)c2c1.Cc1ccccc1-c1ccccc1C.[Y].[c-]1ccccc1-c1[c-]cccc1. The summed E-state index contributed by atoms with van der Waals surface area (Å²) in [7, 11) is 0. The minimum absolute atomic E-state index is 0. The molecule has 6 aromatic carbocycles. The molecule has 0 unspecified atom stereocenters. The van der Waals surface area contributed by atoms with E-state index in [0.717, 1.165) is 11.1 Å². The van der Waals surface area contributed by atoms with Crippen LogP contribution in [0.1, 0.15) is 49.9 Å². The molecular weight excluding hydrogens is 593 g/mol. The summed E-state index contributed by atoms with van der Waals surface area (Å²) in [6.07, 6.45) is 0. The van der Waals surface area contributed by atoms with Crippen LogP contribution in [0.3, 0.4) is 0 Å². The van der Waals surface area contributed by atoms with Gasteiger partial charge in [-0.3, -0.25) is 0 Å². The van der Waals surface area contributed by atoms with Crippen molar-refractivity contribution in [2.24, 2.45) is 0 Å². The Morgan fingerprint density at radius 3 is 1.30 bits per heavy atom. The second kappa shape index (κ2) is 21.4. The van der Waals surface area contributed by atoms with Gasteiger partial charge in [-0.1, -0.05) is 118 Å². The van der Waals surface area contributed by atoms with Gasteiger partial charge in [-0.2, -0.15) is 48.5 Å². The van der Waals surface area contributed by atoms with Crippen LogP contribution in [0.15, 0.2) is 133 Å². The Balaban J connectivity index is 0.000000302. The summed E-state index contributed by atoms with van der Waals surface area (Å²) in [6.45, 7) is 16.6. The molecule has 0 spiro atoms. The Kier molecular flexibility index (Phi) is 18.8. The van der Waals surface area contributed by atoms with Crippen LogP contribution in [0.4, 0.5) is 0 Å². The largest absolute Gasteiger partial charge is 0.226 e. The van der Waals surface area contributed by atoms with Gasteiger partial charge in [0.05, 0.1) is 0 Å². The second-order valence-electron chi connectivity index (χ2n) is 9.48. The number of hydrogen-bond donors (Lipinski definition) is 0. The molecule has 43 heavy (non-hydrogen) atoms. The van der Waals surface area contributed by atoms with Gasteiger partial charge in [-0.15, -0.1) is 12.1 Å². The van der Waals surface area contributed by atoms with Gasteiger partial charge in [0, 0.05) is 32.7 Å². The van der Waals surface area contributed by atoms with Gasteiger partial charge in [0.25, 0.3) is 0 Å². The van der Waals surface area contributed by atoms with E-state index in [-0.39, 0.29) is 32.7 Å². The van der Waals surface area contributed by atoms with Crippen LogP contribution >= 0.6 is 0 Å². The number of hydrogen-bond acceptors (Lipinski definition) is 0. The fraction of sp³-hybridized carbons (Fsp3) is 0.190. The average molecular weight is 640 g/mol. The maximum absolute atomic E-state index is 3.15. The molecule has 6 aromatic rings. The maximum atomic E-state index is 3.15. The van der Waals surface area contributed by atoms with Crippen LogP contribution in [0.5, 0.6) is 0 Å². The first kappa shape index (κ1) is 37.7. The van der Waals surface area contributed by atoms with Gasteiger partial charge >= 0.3 is 0 Å². The van der Waals surface area contributed by atoms with Crippen LogP contribution in [0.2, 0.25) is 0 Å². The predicted molar refractivity (Wildman–Crippen MR) is 187 cm³/mol. The molecule has 0 saturated heterocycles. The molecule has 0 atom stereocenters. The van der Waals surface area contributed by atoms with Gasteiger partial charge in [-0.25, -0.2) is 11.1 Å². The average Bonchev–Trinajstić information content (AvgIpc) is 3.06. The van der Waals surface area contributed by atoms with Crippen molar-refractivity contribution in [3.8, 4) is 22.3 Å². The Morgan fingerprint density at radius 2 is 0.860 bits per heavy atom. The van der Waals surface area contributed by atoms with E-state index in [1.807, 2.05) is 76.2 Å². The molecule has 0 N–H and O–H groups in total. The van der Waals surface area contributed by atoms with Crippen molar-refractivity contribution in [1.82, 2.24) is 0 Å². The number of aryl methyl sites for hydroxylation is 4. The molecular formula is C42H46Y-2. The number of fused-ring (bicyclic) bond motifs is 1. The minimum Gasteiger partial charge on any atom is -0.226 e. The Labute approximate surface area is 287 Å². The normalized spacial score (nSPS) is 9.21. The number of benzene rings is 6. The predicted octanol–water partition coefficient (Wildman–Crippen LogP) is 12.4. The summed E-state index contributed by atoms with van der Waals surface area (Å²) >= 11 is 0. The van der Waals surface area contributed by atoms with Crippen molar-refractivity contribution in [3.05, 3.63) is 168 Å². The molecule has 0 nitrogen and oxygen atoms in total. The summed E-state index contributed by atoms with van der Waals surface area (Å²) in [5, 5.41) is 2.71. The molecule has 0 heterocycles. The third-order valence-electron chi connectivity index (χ3n) is 6.54. The Hall–Kier alpha value is -3.32. The van der Waals surface area contributed by atoms with Crippen LogP contribution in [-0.2, 0) is 32.7 Å². The quantitative estimate of drug-likeness (QED) is 0.165. The molecule has 0 amide bonds. The zero-order valence-electron chi connectivity index (χ0n) is 27.3. The van der Waals surface area contributed by atoms with Gasteiger partial charge in [0.2, 0.25) is 0 Å². The summed E-state index contributed by atoms with van der Waals surface area (Å²) < 4.78 is 0. The van der Waals surface area contributed by atoms with Crippen molar-refractivity contribution >= 4 is 10.8 Å². The summed E-state index contributed by atoms with van der Waals surface area (Å²) in [4.78, 5) is 0. The molecule has 1 radical (unpaired) electrons. The van der Waals surface area contributed by atoms with Crippen molar-refractivity contribution < 1.29 is 32.7 Å². The van der Waals surface area contributed by atoms with Gasteiger partial charge < -0.3 is 0 Å². The molecule has 0 bridgehead atoms. The number of rotatable bonds is 2. The van der Waals surface area contributed by atoms with Crippen molar-refractivity contribution in [2.75, 3.05) is 0 Å². The van der Waals surface area contributed by atoms with Crippen LogP contribution < -0.4 is 0 Å². The van der Waals surface area contributed by atoms with Gasteiger partial charge in [-0.05, 0) is 66.3 Å². The second-order valence-corrected chi connectivity index (χ2v) is 9.48. The van der Waals surface area contributed by atoms with E-state index >= 15 is 0 Å². The van der Waals surface area contributed by atoms with Crippen molar-refractivity contribution in [2.45, 2.75) is 55.4 Å². The van der Waals surface area contributed by atoms with E-state index in [1.165, 1.54) is 44.2 Å². The van der Waals surface area contributed by atoms with E-state index in [2.05, 4.69) is 125 Å². The molecule has 6 rings (SSSR count). The summed E-state index contributed by atoms with van der Waals surface area (Å²) in [5.74, 6) is 0. The Morgan fingerprint density at radius 1 is 0.419 bits per heavy atom. The fourth-order valence-corrected chi connectivity index (χ4v) is 4.41. The summed E-state index contributed by atoms with van der Waals surface area (Å²) in [6, 6.07) is 52.1. The van der Waals surface area contributed by atoms with Crippen LogP contribution in [0.25, 0.3) is 33.0 Å². The van der Waals surface area contributed by atoms with Crippen LogP contribution in [-0.4, -0.2) is 0 Å². The van der Waals surface area contributed by atoms with Crippen LogP contribution in [0, 0.1) is 39.8 Å². The third-order valence-corrected chi connectivity index (χ3v) is 6.54. The van der Waals surface area contributed by atoms with E-state index in [1.54, 1.807) is 0 Å². The Bertz CT molecular complexity index is 1500. The summed E-state index contributed by atoms with van der Waals surface area (Å²) in [5.41, 5.74) is 10.2. The fourth-order valence-electron chi connectivity index (χ4n) is 4.41.